The van der Waals surface area contributed by atoms with Crippen LogP contribution in [-0.2, 0) is 4.79 Å². The van der Waals surface area contributed by atoms with E-state index < -0.39 is 0 Å². The Morgan fingerprint density at radius 3 is 2.50 bits per heavy atom. The zero-order chi connectivity index (χ0) is 25.1. The van der Waals surface area contributed by atoms with Crippen molar-refractivity contribution in [1.29, 1.82) is 5.26 Å². The second kappa shape index (κ2) is 13.8. The van der Waals surface area contributed by atoms with E-state index in [4.69, 9.17) is 0 Å². The molecule has 0 aliphatic heterocycles. The monoisotopic (exact) mass is 482 g/mol. The maximum atomic E-state index is 11.9. The highest BCUT2D eigenvalue weighted by Gasteiger charge is 2.19. The van der Waals surface area contributed by atoms with Gasteiger partial charge in [0, 0.05) is 31.1 Å². The van der Waals surface area contributed by atoms with E-state index >= 15 is 0 Å². The highest BCUT2D eigenvalue weighted by molar-refractivity contribution is 7.10. The Labute approximate surface area is 208 Å². The molecule has 0 saturated heterocycles. The maximum Gasteiger partial charge on any atom is 0.221 e. The number of anilines is 2. The fraction of sp³-hybridized carbons (Fsp3) is 0.577. The Morgan fingerprint density at radius 1 is 1.18 bits per heavy atom. The average molecular weight is 483 g/mol. The van der Waals surface area contributed by atoms with Crippen molar-refractivity contribution >= 4 is 39.5 Å². The number of azo groups is 1. The molecule has 0 radical (unpaired) electrons. The van der Waals surface area contributed by atoms with Gasteiger partial charge in [0.25, 0.3) is 0 Å². The van der Waals surface area contributed by atoms with Crippen molar-refractivity contribution in [2.75, 3.05) is 16.8 Å². The van der Waals surface area contributed by atoms with E-state index in [2.05, 4.69) is 65.5 Å². The van der Waals surface area contributed by atoms with Crippen LogP contribution in [0.1, 0.15) is 97.2 Å². The number of hydrogen-bond donors (Lipinski definition) is 1. The molecule has 0 bridgehead atoms. The second-order valence-corrected chi connectivity index (χ2v) is 9.51. The smallest absolute Gasteiger partial charge is 0.221 e. The third-order valence-corrected chi connectivity index (χ3v) is 6.74. The molecule has 0 saturated carbocycles. The predicted octanol–water partition coefficient (Wildman–Crippen LogP) is 8.09. The van der Waals surface area contributed by atoms with Gasteiger partial charge < -0.3 is 10.2 Å². The fourth-order valence-corrected chi connectivity index (χ4v) is 4.81. The van der Waals surface area contributed by atoms with Gasteiger partial charge in [-0.15, -0.1) is 10.2 Å². The van der Waals surface area contributed by atoms with Gasteiger partial charge in [0.1, 0.15) is 17.3 Å². The predicted molar refractivity (Wildman–Crippen MR) is 142 cm³/mol. The van der Waals surface area contributed by atoms with Crippen LogP contribution in [0.25, 0.3) is 0 Å². The van der Waals surface area contributed by atoms with E-state index in [0.29, 0.717) is 28.0 Å². The molecule has 1 aromatic heterocycles. The van der Waals surface area contributed by atoms with Crippen molar-refractivity contribution in [2.24, 2.45) is 10.2 Å². The van der Waals surface area contributed by atoms with Crippen molar-refractivity contribution < 1.29 is 4.79 Å². The van der Waals surface area contributed by atoms with Crippen LogP contribution < -0.4 is 10.2 Å². The van der Waals surface area contributed by atoms with Crippen LogP contribution in [0.2, 0.25) is 0 Å². The molecule has 2 atom stereocenters. The summed E-state index contributed by atoms with van der Waals surface area (Å²) in [5.41, 5.74) is 3.49. The second-order valence-electron chi connectivity index (χ2n) is 8.76. The van der Waals surface area contributed by atoms with Gasteiger partial charge >= 0.3 is 0 Å². The molecule has 8 heteroatoms. The molecule has 0 fully saturated rings. The van der Waals surface area contributed by atoms with Crippen LogP contribution in [0.4, 0.5) is 22.1 Å². The first-order valence-electron chi connectivity index (χ1n) is 12.4. The highest BCUT2D eigenvalue weighted by atomic mass is 32.1. The summed E-state index contributed by atoms with van der Waals surface area (Å²) in [4.78, 5) is 14.2. The largest absolute Gasteiger partial charge is 0.369 e. The molecular formula is C26H38N6OS. The first-order valence-corrected chi connectivity index (χ1v) is 13.1. The van der Waals surface area contributed by atoms with Crippen molar-refractivity contribution in [1.82, 2.24) is 4.37 Å². The third kappa shape index (κ3) is 7.36. The molecular weight excluding hydrogens is 444 g/mol. The Balaban J connectivity index is 2.36. The number of rotatable bonds is 13. The minimum atomic E-state index is -0.168. The van der Waals surface area contributed by atoms with Gasteiger partial charge in [-0.1, -0.05) is 46.5 Å². The first kappa shape index (κ1) is 27.5. The number of aromatic nitrogens is 1. The number of nitriles is 1. The Hall–Kier alpha value is -2.79. The highest BCUT2D eigenvalue weighted by Crippen LogP contribution is 2.37. The van der Waals surface area contributed by atoms with Gasteiger partial charge in [-0.05, 0) is 56.4 Å². The lowest BCUT2D eigenvalue weighted by Gasteiger charge is -2.31. The molecule has 0 spiro atoms. The Morgan fingerprint density at radius 2 is 1.88 bits per heavy atom. The molecule has 1 heterocycles. The van der Waals surface area contributed by atoms with E-state index in [1.807, 2.05) is 18.2 Å². The molecule has 2 unspecified atom stereocenters. The van der Waals surface area contributed by atoms with Gasteiger partial charge in [-0.2, -0.15) is 9.64 Å². The lowest BCUT2D eigenvalue weighted by atomic mass is 9.98. The molecule has 184 valence electrons. The Bertz CT molecular complexity index is 1010. The number of unbranched alkanes of at least 4 members (excludes halogenated alkanes) is 2. The lowest BCUT2D eigenvalue weighted by Crippen LogP contribution is -2.32. The van der Waals surface area contributed by atoms with E-state index in [1.54, 1.807) is 0 Å². The fourth-order valence-electron chi connectivity index (χ4n) is 4.03. The minimum Gasteiger partial charge on any atom is -0.369 e. The van der Waals surface area contributed by atoms with Gasteiger partial charge in [0.2, 0.25) is 5.91 Å². The van der Waals surface area contributed by atoms with Crippen LogP contribution in [0, 0.1) is 11.3 Å². The number of hydrogen-bond acceptors (Lipinski definition) is 7. The summed E-state index contributed by atoms with van der Waals surface area (Å²) >= 11 is 1.20. The van der Waals surface area contributed by atoms with Crippen molar-refractivity contribution in [2.45, 2.75) is 92.0 Å². The van der Waals surface area contributed by atoms with Crippen LogP contribution >= 0.6 is 11.5 Å². The van der Waals surface area contributed by atoms with Crippen LogP contribution in [0.15, 0.2) is 28.4 Å². The van der Waals surface area contributed by atoms with Crippen molar-refractivity contribution in [3.8, 4) is 6.07 Å². The van der Waals surface area contributed by atoms with E-state index in [1.165, 1.54) is 31.3 Å². The molecule has 1 amide bonds. The van der Waals surface area contributed by atoms with Gasteiger partial charge in [0.15, 0.2) is 5.00 Å². The molecule has 7 nitrogen and oxygen atoms in total. The maximum absolute atomic E-state index is 11.9. The number of amides is 1. The van der Waals surface area contributed by atoms with Crippen LogP contribution in [-0.4, -0.2) is 22.9 Å². The summed E-state index contributed by atoms with van der Waals surface area (Å²) in [6.45, 7) is 13.2. The number of nitrogens with one attached hydrogen (secondary N) is 1. The molecule has 2 rings (SSSR count). The topological polar surface area (TPSA) is 93.7 Å². The summed E-state index contributed by atoms with van der Waals surface area (Å²) in [7, 11) is 0. The molecule has 1 aromatic carbocycles. The molecule has 1 N–H and O–H groups in total. The number of nitrogens with zero attached hydrogens (tertiary/aromatic N) is 5. The lowest BCUT2D eigenvalue weighted by molar-refractivity contribution is -0.114. The standard InChI is InChI=1S/C26H38N6OS/c1-7-10-12-18(4)25-22(17-27)26(34-31-25)30-29-23-15-14-21(16-24(23)28-20(6)33)32(9-3)19(5)13-11-8-2/h14-16,18-19H,7-13H2,1-6H3,(H,28,33). The van der Waals surface area contributed by atoms with Gasteiger partial charge in [-0.3, -0.25) is 4.79 Å². The van der Waals surface area contributed by atoms with Gasteiger partial charge in [0.05, 0.1) is 11.4 Å². The van der Waals surface area contributed by atoms with Gasteiger partial charge in [-0.25, -0.2) is 0 Å². The normalized spacial score (nSPS) is 13.0. The van der Waals surface area contributed by atoms with Crippen molar-refractivity contribution in [3.05, 3.63) is 29.5 Å². The number of carbonyl (C=O) groups is 1. The number of carbonyl (C=O) groups excluding carboxylic acids is 1. The SMILES string of the molecule is CCCCC(C)c1nsc(N=Nc2ccc(N(CC)C(C)CCCC)cc2NC(C)=O)c1C#N. The first-order chi connectivity index (χ1) is 16.4. The number of benzene rings is 1. The summed E-state index contributed by atoms with van der Waals surface area (Å²) in [6, 6.07) is 8.50. The summed E-state index contributed by atoms with van der Waals surface area (Å²) in [6.07, 6.45) is 6.65. The molecule has 2 aromatic rings. The molecule has 0 aliphatic rings. The van der Waals surface area contributed by atoms with Crippen molar-refractivity contribution in [3.63, 3.8) is 0 Å². The Kier molecular flexibility index (Phi) is 11.1. The zero-order valence-corrected chi connectivity index (χ0v) is 22.2. The van der Waals surface area contributed by atoms with E-state index in [9.17, 15) is 10.1 Å². The van der Waals surface area contributed by atoms with E-state index in [0.717, 1.165) is 43.6 Å². The third-order valence-electron chi connectivity index (χ3n) is 5.99. The van der Waals surface area contributed by atoms with Crippen LogP contribution in [0.5, 0.6) is 0 Å². The quantitative estimate of drug-likeness (QED) is 0.292. The molecule has 34 heavy (non-hydrogen) atoms. The average Bonchev–Trinajstić information content (AvgIpc) is 3.23. The van der Waals surface area contributed by atoms with Crippen LogP contribution in [0.3, 0.4) is 0 Å². The summed E-state index contributed by atoms with van der Waals surface area (Å²) < 4.78 is 4.50. The van der Waals surface area contributed by atoms with E-state index in [-0.39, 0.29) is 11.8 Å². The summed E-state index contributed by atoms with van der Waals surface area (Å²) in [5, 5.41) is 21.9. The zero-order valence-electron chi connectivity index (χ0n) is 21.4. The minimum absolute atomic E-state index is 0.168. The summed E-state index contributed by atoms with van der Waals surface area (Å²) in [5.74, 6) is 0.0389. The molecule has 0 aliphatic carbocycles.